The minimum absolute atomic E-state index is 0.0134. The molecule has 8 N–H and O–H groups in total. The van der Waals surface area contributed by atoms with E-state index in [9.17, 15) is 29.1 Å². The van der Waals surface area contributed by atoms with E-state index < -0.39 is 53.8 Å². The first-order valence-corrected chi connectivity index (χ1v) is 11.8. The first kappa shape index (κ1) is 29.0. The molecule has 0 radical (unpaired) electrons. The summed E-state index contributed by atoms with van der Waals surface area (Å²) in [6.45, 7) is 1.47. The molecule has 4 atom stereocenters. The molecule has 4 amide bonds. The number of rotatable bonds is 14. The summed E-state index contributed by atoms with van der Waals surface area (Å²) >= 11 is 0. The second-order valence-corrected chi connectivity index (χ2v) is 8.69. The summed E-state index contributed by atoms with van der Waals surface area (Å²) in [6, 6.07) is 13.1. The van der Waals surface area contributed by atoms with Crippen LogP contribution in [-0.4, -0.2) is 58.9 Å². The van der Waals surface area contributed by atoms with Crippen molar-refractivity contribution in [1.29, 1.82) is 0 Å². The zero-order valence-electron chi connectivity index (χ0n) is 20.6. The van der Waals surface area contributed by atoms with Crippen LogP contribution in [-0.2, 0) is 36.8 Å². The average molecular weight is 512 g/mol. The van der Waals surface area contributed by atoms with E-state index in [2.05, 4.69) is 16.0 Å². The van der Waals surface area contributed by atoms with Gasteiger partial charge >= 0.3 is 5.97 Å². The number of carboxylic acid groups (broad SMARTS) is 1. The number of carboxylic acids is 1. The van der Waals surface area contributed by atoms with Crippen LogP contribution in [0.25, 0.3) is 0 Å². The molecule has 11 heteroatoms. The van der Waals surface area contributed by atoms with Crippen molar-refractivity contribution in [2.24, 2.45) is 11.5 Å². The van der Waals surface area contributed by atoms with E-state index in [-0.39, 0.29) is 25.7 Å². The van der Waals surface area contributed by atoms with Crippen LogP contribution in [0.15, 0.2) is 60.7 Å². The fourth-order valence-corrected chi connectivity index (χ4v) is 3.51. The third-order valence-electron chi connectivity index (χ3n) is 5.54. The van der Waals surface area contributed by atoms with E-state index in [1.165, 1.54) is 6.92 Å². The predicted octanol–water partition coefficient (Wildman–Crippen LogP) is -0.376. The number of hydrogen-bond donors (Lipinski definition) is 6. The molecule has 0 saturated heterocycles. The number of nitrogens with one attached hydrogen (secondary N) is 3. The lowest BCUT2D eigenvalue weighted by Gasteiger charge is -2.25. The Bertz CT molecular complexity index is 1080. The van der Waals surface area contributed by atoms with Crippen molar-refractivity contribution >= 4 is 29.6 Å². The highest BCUT2D eigenvalue weighted by Gasteiger charge is 2.30. The Hall–Kier alpha value is -4.25. The van der Waals surface area contributed by atoms with E-state index in [4.69, 9.17) is 11.5 Å². The summed E-state index contributed by atoms with van der Waals surface area (Å²) in [6.07, 6.45) is -0.269. The number of aliphatic carboxylic acids is 1. The van der Waals surface area contributed by atoms with Gasteiger partial charge in [0.1, 0.15) is 18.1 Å². The highest BCUT2D eigenvalue weighted by atomic mass is 16.4. The molecule has 0 aliphatic heterocycles. The van der Waals surface area contributed by atoms with Crippen LogP contribution in [0.3, 0.4) is 0 Å². The summed E-state index contributed by atoms with van der Waals surface area (Å²) in [5.74, 6) is -4.02. The molecule has 37 heavy (non-hydrogen) atoms. The molecule has 2 aromatic carbocycles. The molecule has 0 bridgehead atoms. The monoisotopic (exact) mass is 511 g/mol. The fourth-order valence-electron chi connectivity index (χ4n) is 3.51. The number of hydrogen-bond acceptors (Lipinski definition) is 6. The van der Waals surface area contributed by atoms with Crippen molar-refractivity contribution in [3.63, 3.8) is 0 Å². The van der Waals surface area contributed by atoms with Crippen LogP contribution >= 0.6 is 0 Å². The maximum atomic E-state index is 13.2. The van der Waals surface area contributed by atoms with E-state index in [1.54, 1.807) is 60.7 Å². The van der Waals surface area contributed by atoms with Crippen molar-refractivity contribution in [3.8, 4) is 0 Å². The Labute approximate surface area is 215 Å². The lowest BCUT2D eigenvalue weighted by atomic mass is 10.0. The molecule has 2 aromatic rings. The summed E-state index contributed by atoms with van der Waals surface area (Å²) in [5.41, 5.74) is 12.3. The molecule has 0 saturated carbocycles. The number of amides is 4. The zero-order valence-corrected chi connectivity index (χ0v) is 20.6. The molecule has 11 nitrogen and oxygen atoms in total. The molecular weight excluding hydrogens is 478 g/mol. The number of nitrogens with two attached hydrogens (primary N) is 2. The van der Waals surface area contributed by atoms with E-state index in [0.717, 1.165) is 5.56 Å². The SMILES string of the molecule is CC(N)C(=O)NC(Cc1ccccc1)C(=O)NC(CCC(N)=O)C(=O)NC(Cc1ccccc1)C(=O)O. The molecule has 0 fully saturated rings. The van der Waals surface area contributed by atoms with Crippen LogP contribution < -0.4 is 27.4 Å². The van der Waals surface area contributed by atoms with Crippen molar-refractivity contribution < 1.29 is 29.1 Å². The van der Waals surface area contributed by atoms with E-state index in [1.807, 2.05) is 0 Å². The van der Waals surface area contributed by atoms with Gasteiger partial charge in [0.15, 0.2) is 0 Å². The van der Waals surface area contributed by atoms with Gasteiger partial charge < -0.3 is 32.5 Å². The lowest BCUT2D eigenvalue weighted by molar-refractivity contribution is -0.142. The summed E-state index contributed by atoms with van der Waals surface area (Å²) in [5, 5.41) is 17.2. The molecule has 198 valence electrons. The van der Waals surface area contributed by atoms with Crippen molar-refractivity contribution in [1.82, 2.24) is 16.0 Å². The first-order chi connectivity index (χ1) is 17.6. The predicted molar refractivity (Wildman–Crippen MR) is 136 cm³/mol. The van der Waals surface area contributed by atoms with Gasteiger partial charge in [-0.2, -0.15) is 0 Å². The smallest absolute Gasteiger partial charge is 0.326 e. The Kier molecular flexibility index (Phi) is 11.2. The Balaban J connectivity index is 2.21. The van der Waals surface area contributed by atoms with Gasteiger partial charge in [-0.05, 0) is 24.5 Å². The van der Waals surface area contributed by atoms with Gasteiger partial charge in [0.25, 0.3) is 0 Å². The van der Waals surface area contributed by atoms with Crippen LogP contribution in [0, 0.1) is 0 Å². The third-order valence-corrected chi connectivity index (χ3v) is 5.54. The highest BCUT2D eigenvalue weighted by Crippen LogP contribution is 2.08. The lowest BCUT2D eigenvalue weighted by Crippen LogP contribution is -2.57. The van der Waals surface area contributed by atoms with Gasteiger partial charge in [0, 0.05) is 19.3 Å². The molecule has 0 aromatic heterocycles. The molecule has 2 rings (SSSR count). The Morgan fingerprint density at radius 1 is 0.730 bits per heavy atom. The van der Waals surface area contributed by atoms with Gasteiger partial charge in [0.05, 0.1) is 6.04 Å². The Morgan fingerprint density at radius 2 is 1.16 bits per heavy atom. The molecule has 0 heterocycles. The van der Waals surface area contributed by atoms with Gasteiger partial charge in [0.2, 0.25) is 23.6 Å². The maximum absolute atomic E-state index is 13.2. The quantitative estimate of drug-likeness (QED) is 0.199. The average Bonchev–Trinajstić information content (AvgIpc) is 2.86. The van der Waals surface area contributed by atoms with Crippen LogP contribution in [0.1, 0.15) is 30.9 Å². The van der Waals surface area contributed by atoms with Gasteiger partial charge in [-0.15, -0.1) is 0 Å². The number of benzene rings is 2. The van der Waals surface area contributed by atoms with Crippen LogP contribution in [0.4, 0.5) is 0 Å². The highest BCUT2D eigenvalue weighted by molar-refractivity contribution is 5.94. The number of primary amides is 1. The first-order valence-electron chi connectivity index (χ1n) is 11.8. The number of carbonyl (C=O) groups is 5. The second kappa shape index (κ2) is 14.3. The van der Waals surface area contributed by atoms with Crippen LogP contribution in [0.2, 0.25) is 0 Å². The van der Waals surface area contributed by atoms with Gasteiger partial charge in [-0.25, -0.2) is 4.79 Å². The van der Waals surface area contributed by atoms with Crippen molar-refractivity contribution in [3.05, 3.63) is 71.8 Å². The van der Waals surface area contributed by atoms with Crippen molar-refractivity contribution in [2.45, 2.75) is 56.8 Å². The minimum atomic E-state index is -1.28. The standard InChI is InChI=1S/C26H33N5O6/c1-16(27)23(33)30-20(14-17-8-4-2-5-9-17)25(35)29-19(12-13-22(28)32)24(34)31-21(26(36)37)15-18-10-6-3-7-11-18/h2-11,16,19-21H,12-15,27H2,1H3,(H2,28,32)(H,29,35)(H,30,33)(H,31,34)(H,36,37). The largest absolute Gasteiger partial charge is 0.480 e. The molecule has 0 aliphatic rings. The van der Waals surface area contributed by atoms with E-state index in [0.29, 0.717) is 5.56 Å². The molecule has 0 aliphatic carbocycles. The van der Waals surface area contributed by atoms with Gasteiger partial charge in [-0.3, -0.25) is 19.2 Å². The molecule has 4 unspecified atom stereocenters. The minimum Gasteiger partial charge on any atom is -0.480 e. The second-order valence-electron chi connectivity index (χ2n) is 8.69. The van der Waals surface area contributed by atoms with Crippen molar-refractivity contribution in [2.75, 3.05) is 0 Å². The number of carbonyl (C=O) groups excluding carboxylic acids is 4. The normalized spacial score (nSPS) is 13.9. The topological polar surface area (TPSA) is 194 Å². The zero-order chi connectivity index (χ0) is 27.4. The molecule has 0 spiro atoms. The van der Waals surface area contributed by atoms with Gasteiger partial charge in [-0.1, -0.05) is 60.7 Å². The fraction of sp³-hybridized carbons (Fsp3) is 0.346. The Morgan fingerprint density at radius 3 is 1.62 bits per heavy atom. The summed E-state index contributed by atoms with van der Waals surface area (Å²) in [7, 11) is 0. The van der Waals surface area contributed by atoms with Crippen LogP contribution in [0.5, 0.6) is 0 Å². The van der Waals surface area contributed by atoms with E-state index >= 15 is 0 Å². The third kappa shape index (κ3) is 10.1. The summed E-state index contributed by atoms with van der Waals surface area (Å²) in [4.78, 5) is 61.7. The summed E-state index contributed by atoms with van der Waals surface area (Å²) < 4.78 is 0. The maximum Gasteiger partial charge on any atom is 0.326 e. The molecular formula is C26H33N5O6.